The maximum atomic E-state index is 12.2. The first-order valence-electron chi connectivity index (χ1n) is 7.17. The average Bonchev–Trinajstić information content (AvgIpc) is 2.46. The molecule has 0 fully saturated rings. The fourth-order valence-corrected chi connectivity index (χ4v) is 2.55. The van der Waals surface area contributed by atoms with Gasteiger partial charge >= 0.3 is 0 Å². The van der Waals surface area contributed by atoms with Crippen LogP contribution in [0.1, 0.15) is 13.8 Å². The molecule has 0 saturated carbocycles. The molecule has 0 bridgehead atoms. The van der Waals surface area contributed by atoms with Gasteiger partial charge in [0.2, 0.25) is 0 Å². The second-order valence-corrected chi connectivity index (χ2v) is 5.90. The van der Waals surface area contributed by atoms with E-state index in [-0.39, 0.29) is 28.3 Å². The van der Waals surface area contributed by atoms with Crippen molar-refractivity contribution in [2.75, 3.05) is 0 Å². The maximum absolute atomic E-state index is 12.2. The highest BCUT2D eigenvalue weighted by Crippen LogP contribution is 2.30. The van der Waals surface area contributed by atoms with Crippen LogP contribution in [-0.4, -0.2) is 11.2 Å². The highest BCUT2D eigenvalue weighted by Gasteiger charge is 2.12. The molecular formula is C18H15ClO4. The van der Waals surface area contributed by atoms with Gasteiger partial charge in [0.05, 0.1) is 6.10 Å². The van der Waals surface area contributed by atoms with E-state index >= 15 is 0 Å². The van der Waals surface area contributed by atoms with Crippen molar-refractivity contribution in [1.29, 1.82) is 0 Å². The quantitative estimate of drug-likeness (QED) is 0.762. The fourth-order valence-electron chi connectivity index (χ4n) is 2.35. The summed E-state index contributed by atoms with van der Waals surface area (Å²) in [6, 6.07) is 11.4. The summed E-state index contributed by atoms with van der Waals surface area (Å²) in [5.41, 5.74) is 0.664. The molecule has 0 aliphatic heterocycles. The van der Waals surface area contributed by atoms with Crippen molar-refractivity contribution in [3.63, 3.8) is 0 Å². The van der Waals surface area contributed by atoms with E-state index in [0.717, 1.165) is 11.3 Å². The number of hydrogen-bond acceptors (Lipinski definition) is 4. The number of hydrogen-bond donors (Lipinski definition) is 1. The predicted molar refractivity (Wildman–Crippen MR) is 90.4 cm³/mol. The number of phenolic OH excluding ortho intramolecular Hbond substituents is 1. The zero-order chi connectivity index (χ0) is 16.6. The Balaban J connectivity index is 2.08. The number of benzene rings is 2. The Hall–Kier alpha value is -2.46. The van der Waals surface area contributed by atoms with E-state index < -0.39 is 0 Å². The summed E-state index contributed by atoms with van der Waals surface area (Å²) in [6.45, 7) is 3.90. The molecule has 118 valence electrons. The van der Waals surface area contributed by atoms with E-state index in [4.69, 9.17) is 20.8 Å². The lowest BCUT2D eigenvalue weighted by Gasteiger charge is -2.10. The van der Waals surface area contributed by atoms with Crippen molar-refractivity contribution in [2.45, 2.75) is 20.0 Å². The number of phenols is 1. The van der Waals surface area contributed by atoms with Crippen molar-refractivity contribution in [2.24, 2.45) is 0 Å². The van der Waals surface area contributed by atoms with Gasteiger partial charge in [-0.2, -0.15) is 0 Å². The number of rotatable bonds is 3. The monoisotopic (exact) mass is 330 g/mol. The van der Waals surface area contributed by atoms with E-state index in [0.29, 0.717) is 10.8 Å². The van der Waals surface area contributed by atoms with Crippen LogP contribution in [0.3, 0.4) is 0 Å². The highest BCUT2D eigenvalue weighted by molar-refractivity contribution is 6.31. The van der Waals surface area contributed by atoms with Crippen molar-refractivity contribution < 1.29 is 14.3 Å². The summed E-state index contributed by atoms with van der Waals surface area (Å²) < 4.78 is 11.3. The summed E-state index contributed by atoms with van der Waals surface area (Å²) in [5, 5.41) is 10.3. The Bertz CT molecular complexity index is 911. The average molecular weight is 331 g/mol. The molecule has 3 aromatic rings. The van der Waals surface area contributed by atoms with Crippen LogP contribution in [0.15, 0.2) is 51.7 Å². The minimum absolute atomic E-state index is 0.0876. The second kappa shape index (κ2) is 5.97. The molecular weight excluding hydrogens is 316 g/mol. The Labute approximate surface area is 137 Å². The largest absolute Gasteiger partial charge is 0.507 e. The number of aromatic hydroxyl groups is 1. The van der Waals surface area contributed by atoms with Crippen LogP contribution in [0.4, 0.5) is 0 Å². The van der Waals surface area contributed by atoms with Gasteiger partial charge in [-0.05, 0) is 44.2 Å². The molecule has 1 heterocycles. The summed E-state index contributed by atoms with van der Waals surface area (Å²) >= 11 is 5.91. The summed E-state index contributed by atoms with van der Waals surface area (Å²) in [5.74, 6) is 0.960. The molecule has 0 atom stereocenters. The smallest absolute Gasteiger partial charge is 0.197 e. The van der Waals surface area contributed by atoms with Crippen molar-refractivity contribution in [3.05, 3.63) is 57.7 Å². The molecule has 0 aliphatic carbocycles. The Morgan fingerprint density at radius 2 is 1.83 bits per heavy atom. The van der Waals surface area contributed by atoms with Gasteiger partial charge in [0.25, 0.3) is 0 Å². The van der Waals surface area contributed by atoms with E-state index in [1.165, 1.54) is 18.2 Å². The van der Waals surface area contributed by atoms with Gasteiger partial charge in [-0.3, -0.25) is 4.79 Å². The van der Waals surface area contributed by atoms with Crippen LogP contribution in [0.2, 0.25) is 5.02 Å². The molecule has 3 rings (SSSR count). The lowest BCUT2D eigenvalue weighted by Crippen LogP contribution is -2.05. The molecule has 0 aliphatic rings. The SMILES string of the molecule is CC(C)Oc1ccc(-c2cc(=O)c3c(O)cc(Cl)cc3o2)cc1. The highest BCUT2D eigenvalue weighted by atomic mass is 35.5. The third kappa shape index (κ3) is 3.17. The standard InChI is InChI=1S/C18H15ClO4/c1-10(2)22-13-5-3-11(4-6-13)16-9-15(21)18-14(20)7-12(19)8-17(18)23-16/h3-10,20H,1-2H3. The van der Waals surface area contributed by atoms with Crippen LogP contribution in [0.5, 0.6) is 11.5 Å². The van der Waals surface area contributed by atoms with E-state index in [1.807, 2.05) is 38.1 Å². The van der Waals surface area contributed by atoms with Gasteiger partial charge in [-0.1, -0.05) is 11.6 Å². The minimum atomic E-state index is -0.321. The van der Waals surface area contributed by atoms with Gasteiger partial charge in [-0.15, -0.1) is 0 Å². The minimum Gasteiger partial charge on any atom is -0.507 e. The van der Waals surface area contributed by atoms with Crippen LogP contribution < -0.4 is 10.2 Å². The van der Waals surface area contributed by atoms with E-state index in [1.54, 1.807) is 0 Å². The molecule has 5 heteroatoms. The zero-order valence-corrected chi connectivity index (χ0v) is 13.4. The normalized spacial score (nSPS) is 11.1. The molecule has 0 spiro atoms. The van der Waals surface area contributed by atoms with Gasteiger partial charge in [0.15, 0.2) is 5.43 Å². The van der Waals surface area contributed by atoms with Gasteiger partial charge in [0.1, 0.15) is 28.2 Å². The van der Waals surface area contributed by atoms with Crippen LogP contribution in [0, 0.1) is 0 Å². The first-order chi connectivity index (χ1) is 10.9. The third-order valence-electron chi connectivity index (χ3n) is 3.29. The Kier molecular flexibility index (Phi) is 4.01. The van der Waals surface area contributed by atoms with Crippen molar-refractivity contribution in [3.8, 4) is 22.8 Å². The number of fused-ring (bicyclic) bond motifs is 1. The van der Waals surface area contributed by atoms with Crippen LogP contribution in [0.25, 0.3) is 22.3 Å². The molecule has 0 unspecified atom stereocenters. The number of halogens is 1. The first kappa shape index (κ1) is 15.4. The van der Waals surface area contributed by atoms with Crippen LogP contribution in [-0.2, 0) is 0 Å². The Morgan fingerprint density at radius 1 is 1.13 bits per heavy atom. The van der Waals surface area contributed by atoms with E-state index in [9.17, 15) is 9.90 Å². The zero-order valence-electron chi connectivity index (χ0n) is 12.7. The van der Waals surface area contributed by atoms with Crippen LogP contribution >= 0.6 is 11.6 Å². The summed E-state index contributed by atoms with van der Waals surface area (Å²) in [6.07, 6.45) is 0.0876. The molecule has 0 amide bonds. The Morgan fingerprint density at radius 3 is 2.48 bits per heavy atom. The molecule has 0 saturated heterocycles. The van der Waals surface area contributed by atoms with Crippen molar-refractivity contribution >= 4 is 22.6 Å². The lowest BCUT2D eigenvalue weighted by atomic mass is 10.1. The molecule has 0 radical (unpaired) electrons. The lowest BCUT2D eigenvalue weighted by molar-refractivity contribution is 0.242. The molecule has 4 nitrogen and oxygen atoms in total. The fraction of sp³-hybridized carbons (Fsp3) is 0.167. The molecule has 1 N–H and O–H groups in total. The molecule has 2 aromatic carbocycles. The van der Waals surface area contributed by atoms with Crippen molar-refractivity contribution in [1.82, 2.24) is 0 Å². The predicted octanol–water partition coefficient (Wildman–Crippen LogP) is 4.61. The van der Waals surface area contributed by atoms with Gasteiger partial charge in [0, 0.05) is 22.7 Å². The summed E-state index contributed by atoms with van der Waals surface area (Å²) in [4.78, 5) is 12.2. The van der Waals surface area contributed by atoms with Gasteiger partial charge < -0.3 is 14.3 Å². The second-order valence-electron chi connectivity index (χ2n) is 5.46. The molecule has 23 heavy (non-hydrogen) atoms. The topological polar surface area (TPSA) is 59.7 Å². The third-order valence-corrected chi connectivity index (χ3v) is 3.50. The first-order valence-corrected chi connectivity index (χ1v) is 7.55. The maximum Gasteiger partial charge on any atom is 0.197 e. The van der Waals surface area contributed by atoms with Gasteiger partial charge in [-0.25, -0.2) is 0 Å². The summed E-state index contributed by atoms with van der Waals surface area (Å²) in [7, 11) is 0. The molecule has 1 aromatic heterocycles. The number of ether oxygens (including phenoxy) is 1. The van der Waals surface area contributed by atoms with E-state index in [2.05, 4.69) is 0 Å².